The molecule has 0 atom stereocenters. The summed E-state index contributed by atoms with van der Waals surface area (Å²) in [6.07, 6.45) is 3.83. The molecule has 1 aliphatic carbocycles. The van der Waals surface area contributed by atoms with Crippen LogP contribution < -0.4 is 0 Å². The van der Waals surface area contributed by atoms with E-state index < -0.39 is 0 Å². The SMILES string of the molecule is CC(C)c1cc(C2CCC2)nc(Cl)n1. The fourth-order valence-electron chi connectivity index (χ4n) is 1.66. The van der Waals surface area contributed by atoms with Crippen LogP contribution in [0, 0.1) is 0 Å². The van der Waals surface area contributed by atoms with Crippen molar-refractivity contribution in [2.75, 3.05) is 0 Å². The van der Waals surface area contributed by atoms with Crippen molar-refractivity contribution in [1.82, 2.24) is 9.97 Å². The molecule has 1 aliphatic rings. The van der Waals surface area contributed by atoms with Crippen LogP contribution in [0.15, 0.2) is 6.07 Å². The maximum Gasteiger partial charge on any atom is 0.222 e. The van der Waals surface area contributed by atoms with Gasteiger partial charge in [-0.2, -0.15) is 0 Å². The van der Waals surface area contributed by atoms with Crippen molar-refractivity contribution >= 4 is 11.6 Å². The van der Waals surface area contributed by atoms with Gasteiger partial charge in [0.2, 0.25) is 5.28 Å². The van der Waals surface area contributed by atoms with Crippen molar-refractivity contribution in [2.45, 2.75) is 44.9 Å². The van der Waals surface area contributed by atoms with Crippen LogP contribution in [-0.4, -0.2) is 9.97 Å². The van der Waals surface area contributed by atoms with Crippen LogP contribution in [-0.2, 0) is 0 Å². The second-order valence-corrected chi connectivity index (χ2v) is 4.61. The third kappa shape index (κ3) is 1.90. The Morgan fingerprint density at radius 3 is 2.57 bits per heavy atom. The Kier molecular flexibility index (Phi) is 2.73. The Morgan fingerprint density at radius 2 is 2.07 bits per heavy atom. The van der Waals surface area contributed by atoms with Gasteiger partial charge < -0.3 is 0 Å². The van der Waals surface area contributed by atoms with Crippen LogP contribution in [0.5, 0.6) is 0 Å². The predicted octanol–water partition coefficient (Wildman–Crippen LogP) is 3.52. The zero-order valence-corrected chi connectivity index (χ0v) is 9.38. The van der Waals surface area contributed by atoms with Crippen LogP contribution in [0.2, 0.25) is 5.28 Å². The molecule has 1 saturated carbocycles. The summed E-state index contributed by atoms with van der Waals surface area (Å²) in [4.78, 5) is 8.52. The lowest BCUT2D eigenvalue weighted by molar-refractivity contribution is 0.410. The minimum Gasteiger partial charge on any atom is -0.223 e. The van der Waals surface area contributed by atoms with Gasteiger partial charge in [-0.25, -0.2) is 9.97 Å². The minimum atomic E-state index is 0.401. The summed E-state index contributed by atoms with van der Waals surface area (Å²) in [6, 6.07) is 2.11. The zero-order valence-electron chi connectivity index (χ0n) is 8.63. The van der Waals surface area contributed by atoms with Gasteiger partial charge in [0, 0.05) is 17.3 Å². The maximum absolute atomic E-state index is 5.90. The van der Waals surface area contributed by atoms with E-state index in [0.29, 0.717) is 17.1 Å². The van der Waals surface area contributed by atoms with Crippen molar-refractivity contribution in [3.8, 4) is 0 Å². The lowest BCUT2D eigenvalue weighted by Crippen LogP contribution is -2.12. The molecule has 0 unspecified atom stereocenters. The normalized spacial score (nSPS) is 17.1. The average molecular weight is 211 g/mol. The molecule has 0 aromatic carbocycles. The lowest BCUT2D eigenvalue weighted by Gasteiger charge is -2.25. The average Bonchev–Trinajstić information content (AvgIpc) is 1.99. The highest BCUT2D eigenvalue weighted by Crippen LogP contribution is 2.36. The van der Waals surface area contributed by atoms with Gasteiger partial charge in [-0.05, 0) is 36.4 Å². The van der Waals surface area contributed by atoms with Gasteiger partial charge in [0.1, 0.15) is 0 Å². The second kappa shape index (κ2) is 3.85. The van der Waals surface area contributed by atoms with Crippen LogP contribution in [0.4, 0.5) is 0 Å². The van der Waals surface area contributed by atoms with Crippen LogP contribution in [0.1, 0.15) is 56.3 Å². The standard InChI is InChI=1S/C11H15ClN2/c1-7(2)9-6-10(8-4-3-5-8)14-11(12)13-9/h6-8H,3-5H2,1-2H3. The van der Waals surface area contributed by atoms with Gasteiger partial charge in [0.25, 0.3) is 0 Å². The number of hydrogen-bond donors (Lipinski definition) is 0. The van der Waals surface area contributed by atoms with Gasteiger partial charge >= 0.3 is 0 Å². The molecule has 76 valence electrons. The van der Waals surface area contributed by atoms with Gasteiger partial charge in [0.05, 0.1) is 0 Å². The summed E-state index contributed by atoms with van der Waals surface area (Å²) < 4.78 is 0. The molecule has 1 heterocycles. The third-order valence-electron chi connectivity index (χ3n) is 2.85. The Hall–Kier alpha value is -0.630. The monoisotopic (exact) mass is 210 g/mol. The van der Waals surface area contributed by atoms with E-state index in [0.717, 1.165) is 11.4 Å². The molecule has 0 radical (unpaired) electrons. The van der Waals surface area contributed by atoms with E-state index in [1.165, 1.54) is 19.3 Å². The Labute approximate surface area is 89.7 Å². The summed E-state index contributed by atoms with van der Waals surface area (Å²) in [5.74, 6) is 1.06. The van der Waals surface area contributed by atoms with Crippen molar-refractivity contribution in [3.63, 3.8) is 0 Å². The zero-order chi connectivity index (χ0) is 10.1. The van der Waals surface area contributed by atoms with Gasteiger partial charge in [-0.1, -0.05) is 20.3 Å². The van der Waals surface area contributed by atoms with Crippen LogP contribution in [0.25, 0.3) is 0 Å². The number of hydrogen-bond acceptors (Lipinski definition) is 2. The van der Waals surface area contributed by atoms with E-state index in [-0.39, 0.29) is 0 Å². The first-order valence-corrected chi connectivity index (χ1v) is 5.59. The molecule has 1 aromatic heterocycles. The molecule has 0 spiro atoms. The second-order valence-electron chi connectivity index (χ2n) is 4.27. The fraction of sp³-hybridized carbons (Fsp3) is 0.636. The summed E-state index contributed by atoms with van der Waals surface area (Å²) >= 11 is 5.90. The summed E-state index contributed by atoms with van der Waals surface area (Å²) in [6.45, 7) is 4.26. The van der Waals surface area contributed by atoms with Crippen LogP contribution in [0.3, 0.4) is 0 Å². The van der Waals surface area contributed by atoms with E-state index in [2.05, 4.69) is 29.9 Å². The number of nitrogens with zero attached hydrogens (tertiary/aromatic N) is 2. The molecular weight excluding hydrogens is 196 g/mol. The first kappa shape index (κ1) is 9.91. The Morgan fingerprint density at radius 1 is 1.36 bits per heavy atom. The number of halogens is 1. The highest BCUT2D eigenvalue weighted by atomic mass is 35.5. The molecule has 0 saturated heterocycles. The van der Waals surface area contributed by atoms with Crippen molar-refractivity contribution in [2.24, 2.45) is 0 Å². The van der Waals surface area contributed by atoms with Crippen molar-refractivity contribution < 1.29 is 0 Å². The molecule has 3 heteroatoms. The minimum absolute atomic E-state index is 0.401. The first-order valence-electron chi connectivity index (χ1n) is 5.21. The first-order chi connectivity index (χ1) is 6.66. The molecule has 0 bridgehead atoms. The molecule has 1 aromatic rings. The van der Waals surface area contributed by atoms with Crippen LogP contribution >= 0.6 is 11.6 Å². The number of aromatic nitrogens is 2. The number of rotatable bonds is 2. The molecule has 2 nitrogen and oxygen atoms in total. The van der Waals surface area contributed by atoms with E-state index in [4.69, 9.17) is 11.6 Å². The maximum atomic E-state index is 5.90. The lowest BCUT2D eigenvalue weighted by atomic mass is 9.82. The summed E-state index contributed by atoms with van der Waals surface area (Å²) in [5, 5.41) is 0.401. The van der Waals surface area contributed by atoms with Crippen molar-refractivity contribution in [1.29, 1.82) is 0 Å². The molecule has 0 aliphatic heterocycles. The molecule has 1 fully saturated rings. The Balaban J connectivity index is 2.30. The largest absolute Gasteiger partial charge is 0.223 e. The topological polar surface area (TPSA) is 25.8 Å². The van der Waals surface area contributed by atoms with E-state index in [9.17, 15) is 0 Å². The molecular formula is C11H15ClN2. The Bertz CT molecular complexity index is 332. The van der Waals surface area contributed by atoms with E-state index in [1.807, 2.05) is 0 Å². The smallest absolute Gasteiger partial charge is 0.222 e. The fourth-order valence-corrected chi connectivity index (χ4v) is 1.86. The molecule has 14 heavy (non-hydrogen) atoms. The van der Waals surface area contributed by atoms with Gasteiger partial charge in [0.15, 0.2) is 0 Å². The molecule has 2 rings (SSSR count). The summed E-state index contributed by atoms with van der Waals surface area (Å²) in [7, 11) is 0. The quantitative estimate of drug-likeness (QED) is 0.698. The van der Waals surface area contributed by atoms with Gasteiger partial charge in [-0.3, -0.25) is 0 Å². The third-order valence-corrected chi connectivity index (χ3v) is 3.02. The van der Waals surface area contributed by atoms with Crippen molar-refractivity contribution in [3.05, 3.63) is 22.7 Å². The molecule has 0 amide bonds. The van der Waals surface area contributed by atoms with E-state index >= 15 is 0 Å². The predicted molar refractivity (Wildman–Crippen MR) is 57.7 cm³/mol. The van der Waals surface area contributed by atoms with E-state index in [1.54, 1.807) is 0 Å². The van der Waals surface area contributed by atoms with Gasteiger partial charge in [-0.15, -0.1) is 0 Å². The molecule has 0 N–H and O–H groups in total. The highest BCUT2D eigenvalue weighted by molar-refractivity contribution is 6.28. The highest BCUT2D eigenvalue weighted by Gasteiger charge is 2.22. The summed E-state index contributed by atoms with van der Waals surface area (Å²) in [5.41, 5.74) is 2.20.